The molecule has 0 atom stereocenters. The van der Waals surface area contributed by atoms with Crippen molar-refractivity contribution in [2.45, 2.75) is 37.5 Å². The molecule has 92 valence electrons. The molecule has 0 saturated heterocycles. The molecule has 0 fully saturated rings. The summed E-state index contributed by atoms with van der Waals surface area (Å²) < 4.78 is 21.5. The van der Waals surface area contributed by atoms with E-state index in [-0.39, 0.29) is 21.2 Å². The third kappa shape index (κ3) is 5.38. The molecule has 0 spiro atoms. The molecular weight excluding hydrogens is 244 g/mol. The van der Waals surface area contributed by atoms with Crippen LogP contribution in [0.2, 0.25) is 6.04 Å². The summed E-state index contributed by atoms with van der Waals surface area (Å²) in [4.78, 5) is 0. The summed E-state index contributed by atoms with van der Waals surface area (Å²) in [6.45, 7) is 2.11. The molecule has 0 aromatic rings. The molecule has 0 aromatic heterocycles. The van der Waals surface area contributed by atoms with Gasteiger partial charge in [-0.15, -0.1) is 0 Å². The van der Waals surface area contributed by atoms with Crippen LogP contribution in [0.3, 0.4) is 0 Å². The molecule has 15 heavy (non-hydrogen) atoms. The fraction of sp³-hybridized carbons (Fsp3) is 1.00. The lowest BCUT2D eigenvalue weighted by Gasteiger charge is -2.31. The zero-order chi connectivity index (χ0) is 11.7. The molecule has 7 heteroatoms. The van der Waals surface area contributed by atoms with Gasteiger partial charge in [0.25, 0.3) is 0 Å². The van der Waals surface area contributed by atoms with Gasteiger partial charge in [0.15, 0.2) is 0 Å². The van der Waals surface area contributed by atoms with E-state index in [0.717, 1.165) is 39.9 Å². The van der Waals surface area contributed by atoms with E-state index in [2.05, 4.69) is 6.92 Å². The molecule has 0 aliphatic rings. The van der Waals surface area contributed by atoms with Crippen molar-refractivity contribution in [2.24, 2.45) is 0 Å². The van der Waals surface area contributed by atoms with Gasteiger partial charge in [-0.05, 0) is 12.8 Å². The van der Waals surface area contributed by atoms with E-state index in [1.54, 1.807) is 14.2 Å². The van der Waals surface area contributed by atoms with Gasteiger partial charge in [-0.2, -0.15) is 0 Å². The van der Waals surface area contributed by atoms with Crippen LogP contribution in [0, 0.1) is 0 Å². The van der Waals surface area contributed by atoms with Crippen LogP contribution in [-0.4, -0.2) is 56.4 Å². The van der Waals surface area contributed by atoms with Gasteiger partial charge < -0.3 is 18.3 Å². The largest absolute Gasteiger partial charge is 0.402 e. The SMILES string of the molecule is CCC(CC[SiH2]C(OC)OC)(O[SiH3])O[SiH3]. The third-order valence-corrected chi connectivity index (χ3v) is 6.19. The molecule has 0 amide bonds. The minimum atomic E-state index is -0.356. The average molecular weight is 269 g/mol. The summed E-state index contributed by atoms with van der Waals surface area (Å²) in [5.74, 6) is -0.264. The fourth-order valence-corrected chi connectivity index (χ4v) is 4.82. The molecule has 0 saturated carbocycles. The lowest BCUT2D eigenvalue weighted by Crippen LogP contribution is -2.35. The summed E-state index contributed by atoms with van der Waals surface area (Å²) in [5.41, 5.74) is 0. The lowest BCUT2D eigenvalue weighted by atomic mass is 10.1. The van der Waals surface area contributed by atoms with Crippen LogP contribution in [-0.2, 0) is 18.3 Å². The second-order valence-electron chi connectivity index (χ2n) is 3.47. The van der Waals surface area contributed by atoms with Crippen molar-refractivity contribution in [2.75, 3.05) is 14.2 Å². The van der Waals surface area contributed by atoms with Gasteiger partial charge in [-0.3, -0.25) is 0 Å². The van der Waals surface area contributed by atoms with Crippen LogP contribution in [0.5, 0.6) is 0 Å². The predicted octanol–water partition coefficient (Wildman–Crippen LogP) is -1.76. The van der Waals surface area contributed by atoms with E-state index in [4.69, 9.17) is 18.3 Å². The van der Waals surface area contributed by atoms with Gasteiger partial charge in [-0.25, -0.2) is 0 Å². The number of rotatable bonds is 9. The Morgan fingerprint density at radius 1 is 1.20 bits per heavy atom. The van der Waals surface area contributed by atoms with Crippen molar-refractivity contribution in [3.8, 4) is 0 Å². The van der Waals surface area contributed by atoms with Crippen molar-refractivity contribution in [3.05, 3.63) is 0 Å². The molecule has 0 aliphatic heterocycles. The molecule has 0 unspecified atom stereocenters. The quantitative estimate of drug-likeness (QED) is 0.367. The topological polar surface area (TPSA) is 36.9 Å². The highest BCUT2D eigenvalue weighted by Crippen LogP contribution is 2.22. The maximum atomic E-state index is 5.58. The number of hydrogen-bond acceptors (Lipinski definition) is 4. The Morgan fingerprint density at radius 3 is 2.07 bits per heavy atom. The molecule has 0 rings (SSSR count). The van der Waals surface area contributed by atoms with Crippen LogP contribution in [0.25, 0.3) is 0 Å². The summed E-state index contributed by atoms with van der Waals surface area (Å²) in [6, 6.07) is 1.13. The van der Waals surface area contributed by atoms with Crippen LogP contribution in [0.15, 0.2) is 0 Å². The zero-order valence-electron chi connectivity index (χ0n) is 10.5. The third-order valence-electron chi connectivity index (χ3n) is 2.81. The Kier molecular flexibility index (Phi) is 8.90. The highest BCUT2D eigenvalue weighted by Gasteiger charge is 2.25. The molecule has 0 bridgehead atoms. The molecule has 0 aromatic carbocycles. The van der Waals surface area contributed by atoms with Crippen molar-refractivity contribution in [3.63, 3.8) is 0 Å². The van der Waals surface area contributed by atoms with Gasteiger partial charge in [-0.1, -0.05) is 13.0 Å². The predicted molar refractivity (Wildman–Crippen MR) is 70.8 cm³/mol. The molecule has 0 N–H and O–H groups in total. The van der Waals surface area contributed by atoms with E-state index in [1.165, 1.54) is 0 Å². The minimum Gasteiger partial charge on any atom is -0.402 e. The standard InChI is InChI=1S/C8H24O4Si3/c1-4-8(11-13,12-14)5-6-15-7(9-2)10-3/h7H,4-6,15H2,1-3,13-14H3. The van der Waals surface area contributed by atoms with E-state index in [0.29, 0.717) is 0 Å². The Bertz CT molecular complexity index is 143. The monoisotopic (exact) mass is 268 g/mol. The minimum absolute atomic E-state index is 0.0303. The average Bonchev–Trinajstić information content (AvgIpc) is 2.31. The second kappa shape index (κ2) is 8.62. The Balaban J connectivity index is 3.89. The fourth-order valence-electron chi connectivity index (χ4n) is 1.62. The Hall–Kier alpha value is 0.491. The van der Waals surface area contributed by atoms with E-state index < -0.39 is 0 Å². The maximum absolute atomic E-state index is 5.58. The summed E-state index contributed by atoms with van der Waals surface area (Å²) in [6.07, 6.45) is 1.91. The summed E-state index contributed by atoms with van der Waals surface area (Å²) in [5, 5.41) is 0. The second-order valence-corrected chi connectivity index (χ2v) is 6.23. The first-order chi connectivity index (χ1) is 7.17. The molecule has 0 heterocycles. The molecule has 4 nitrogen and oxygen atoms in total. The Labute approximate surface area is 101 Å². The van der Waals surface area contributed by atoms with Crippen LogP contribution < -0.4 is 0 Å². The number of hydrogen-bond donors (Lipinski definition) is 0. The first-order valence-electron chi connectivity index (χ1n) is 5.34. The number of methoxy groups -OCH3 is 2. The van der Waals surface area contributed by atoms with Crippen LogP contribution >= 0.6 is 0 Å². The lowest BCUT2D eigenvalue weighted by molar-refractivity contribution is -0.112. The van der Waals surface area contributed by atoms with Crippen LogP contribution in [0.1, 0.15) is 19.8 Å². The summed E-state index contributed by atoms with van der Waals surface area (Å²) in [7, 11) is 4.50. The first kappa shape index (κ1) is 15.5. The van der Waals surface area contributed by atoms with E-state index in [1.807, 2.05) is 0 Å². The van der Waals surface area contributed by atoms with Crippen molar-refractivity contribution < 1.29 is 18.3 Å². The van der Waals surface area contributed by atoms with Gasteiger partial charge in [0.1, 0.15) is 32.7 Å². The smallest absolute Gasteiger partial charge is 0.149 e. The maximum Gasteiger partial charge on any atom is 0.149 e. The highest BCUT2D eigenvalue weighted by atomic mass is 28.2. The normalized spacial score (nSPS) is 16.8. The Morgan fingerprint density at radius 2 is 1.73 bits per heavy atom. The van der Waals surface area contributed by atoms with Gasteiger partial charge in [0.05, 0.1) is 9.52 Å². The van der Waals surface area contributed by atoms with E-state index in [9.17, 15) is 0 Å². The van der Waals surface area contributed by atoms with Gasteiger partial charge >= 0.3 is 0 Å². The van der Waals surface area contributed by atoms with Crippen LogP contribution in [0.4, 0.5) is 0 Å². The molecule has 0 aliphatic carbocycles. The van der Waals surface area contributed by atoms with E-state index >= 15 is 0 Å². The van der Waals surface area contributed by atoms with Crippen molar-refractivity contribution >= 4 is 30.5 Å². The number of ether oxygens (including phenoxy) is 2. The van der Waals surface area contributed by atoms with Gasteiger partial charge in [0, 0.05) is 14.2 Å². The summed E-state index contributed by atoms with van der Waals surface area (Å²) >= 11 is 0. The van der Waals surface area contributed by atoms with Crippen molar-refractivity contribution in [1.29, 1.82) is 0 Å². The first-order valence-corrected chi connectivity index (χ1v) is 8.78. The van der Waals surface area contributed by atoms with Crippen molar-refractivity contribution in [1.82, 2.24) is 0 Å². The zero-order valence-corrected chi connectivity index (χ0v) is 16.0. The highest BCUT2D eigenvalue weighted by molar-refractivity contribution is 6.36. The van der Waals surface area contributed by atoms with Gasteiger partial charge in [0.2, 0.25) is 0 Å². The molecular formula is C8H24O4Si3. The molecule has 0 radical (unpaired) electrons.